The second-order valence-corrected chi connectivity index (χ2v) is 4.61. The SMILES string of the molecule is CN(CC1CCOCC1)c1c(N)cccc1F. The predicted molar refractivity (Wildman–Crippen MR) is 67.6 cm³/mol. The van der Waals surface area contributed by atoms with E-state index in [9.17, 15) is 4.39 Å². The van der Waals surface area contributed by atoms with Crippen molar-refractivity contribution in [3.05, 3.63) is 24.0 Å². The first-order chi connectivity index (χ1) is 8.18. The van der Waals surface area contributed by atoms with Gasteiger partial charge in [-0.3, -0.25) is 0 Å². The molecule has 17 heavy (non-hydrogen) atoms. The molecule has 1 fully saturated rings. The van der Waals surface area contributed by atoms with Crippen LogP contribution < -0.4 is 10.6 Å². The van der Waals surface area contributed by atoms with Crippen molar-refractivity contribution in [2.75, 3.05) is 37.4 Å². The monoisotopic (exact) mass is 238 g/mol. The molecule has 2 rings (SSSR count). The molecule has 0 unspecified atom stereocenters. The molecule has 94 valence electrons. The van der Waals surface area contributed by atoms with E-state index in [0.717, 1.165) is 32.6 Å². The van der Waals surface area contributed by atoms with E-state index < -0.39 is 0 Å². The minimum Gasteiger partial charge on any atom is -0.397 e. The zero-order valence-corrected chi connectivity index (χ0v) is 10.2. The average molecular weight is 238 g/mol. The maximum absolute atomic E-state index is 13.7. The number of anilines is 2. The van der Waals surface area contributed by atoms with Gasteiger partial charge in [-0.15, -0.1) is 0 Å². The van der Waals surface area contributed by atoms with E-state index in [1.807, 2.05) is 11.9 Å². The van der Waals surface area contributed by atoms with Crippen molar-refractivity contribution in [3.8, 4) is 0 Å². The summed E-state index contributed by atoms with van der Waals surface area (Å²) in [6.07, 6.45) is 2.08. The van der Waals surface area contributed by atoms with Crippen LogP contribution in [0.1, 0.15) is 12.8 Å². The minimum absolute atomic E-state index is 0.250. The van der Waals surface area contributed by atoms with Gasteiger partial charge < -0.3 is 15.4 Å². The van der Waals surface area contributed by atoms with Crippen LogP contribution in [0, 0.1) is 11.7 Å². The number of hydrogen-bond donors (Lipinski definition) is 1. The number of halogens is 1. The number of nitrogens with two attached hydrogens (primary N) is 1. The van der Waals surface area contributed by atoms with Crippen LogP contribution in [0.25, 0.3) is 0 Å². The molecular weight excluding hydrogens is 219 g/mol. The first kappa shape index (κ1) is 12.2. The predicted octanol–water partition coefficient (Wildman–Crippen LogP) is 2.27. The summed E-state index contributed by atoms with van der Waals surface area (Å²) in [4.78, 5) is 1.92. The van der Waals surface area contributed by atoms with Crippen molar-refractivity contribution in [3.63, 3.8) is 0 Å². The Morgan fingerprint density at radius 2 is 2.12 bits per heavy atom. The van der Waals surface area contributed by atoms with Crippen LogP contribution in [-0.4, -0.2) is 26.8 Å². The third kappa shape index (κ3) is 2.88. The Labute approximate surface area is 101 Å². The molecule has 1 aliphatic rings. The molecule has 1 aromatic carbocycles. The molecule has 1 saturated heterocycles. The highest BCUT2D eigenvalue weighted by Crippen LogP contribution is 2.27. The van der Waals surface area contributed by atoms with Gasteiger partial charge >= 0.3 is 0 Å². The summed E-state index contributed by atoms with van der Waals surface area (Å²) in [5.74, 6) is 0.312. The molecule has 1 aliphatic heterocycles. The van der Waals surface area contributed by atoms with E-state index >= 15 is 0 Å². The van der Waals surface area contributed by atoms with Crippen LogP contribution in [0.2, 0.25) is 0 Å². The standard InChI is InChI=1S/C13H19FN2O/c1-16(9-10-5-7-17-8-6-10)13-11(14)3-2-4-12(13)15/h2-4,10H,5-9,15H2,1H3. The maximum atomic E-state index is 13.7. The van der Waals surface area contributed by atoms with Gasteiger partial charge in [0.15, 0.2) is 0 Å². The lowest BCUT2D eigenvalue weighted by Crippen LogP contribution is -2.30. The molecule has 0 amide bonds. The van der Waals surface area contributed by atoms with Crippen LogP contribution in [0.3, 0.4) is 0 Å². The Kier molecular flexibility index (Phi) is 3.84. The van der Waals surface area contributed by atoms with E-state index in [0.29, 0.717) is 17.3 Å². The average Bonchev–Trinajstić information content (AvgIpc) is 2.30. The number of hydrogen-bond acceptors (Lipinski definition) is 3. The van der Waals surface area contributed by atoms with Gasteiger partial charge in [0, 0.05) is 26.8 Å². The summed E-state index contributed by atoms with van der Waals surface area (Å²) in [5.41, 5.74) is 6.83. The fourth-order valence-electron chi connectivity index (χ4n) is 2.34. The van der Waals surface area contributed by atoms with Crippen molar-refractivity contribution in [2.24, 2.45) is 5.92 Å². The van der Waals surface area contributed by atoms with Crippen molar-refractivity contribution < 1.29 is 9.13 Å². The molecule has 0 atom stereocenters. The van der Waals surface area contributed by atoms with Crippen LogP contribution in [0.4, 0.5) is 15.8 Å². The summed E-state index contributed by atoms with van der Waals surface area (Å²) in [7, 11) is 1.89. The summed E-state index contributed by atoms with van der Waals surface area (Å²) >= 11 is 0. The van der Waals surface area contributed by atoms with Crippen molar-refractivity contribution in [2.45, 2.75) is 12.8 Å². The summed E-state index contributed by atoms with van der Waals surface area (Å²) in [6, 6.07) is 4.82. The number of benzene rings is 1. The van der Waals surface area contributed by atoms with Crippen molar-refractivity contribution in [1.29, 1.82) is 0 Å². The Hall–Kier alpha value is -1.29. The fourth-order valence-corrected chi connectivity index (χ4v) is 2.34. The first-order valence-corrected chi connectivity index (χ1v) is 6.01. The zero-order chi connectivity index (χ0) is 12.3. The second kappa shape index (κ2) is 5.36. The molecule has 0 bridgehead atoms. The maximum Gasteiger partial charge on any atom is 0.148 e. The smallest absolute Gasteiger partial charge is 0.148 e. The molecule has 0 saturated carbocycles. The summed E-state index contributed by atoms with van der Waals surface area (Å²) in [6.45, 7) is 2.45. The van der Waals surface area contributed by atoms with E-state index in [-0.39, 0.29) is 5.82 Å². The molecule has 2 N–H and O–H groups in total. The highest BCUT2D eigenvalue weighted by Gasteiger charge is 2.18. The topological polar surface area (TPSA) is 38.5 Å². The molecule has 0 aromatic heterocycles. The van der Waals surface area contributed by atoms with E-state index in [1.54, 1.807) is 12.1 Å². The number of rotatable bonds is 3. The van der Waals surface area contributed by atoms with E-state index in [2.05, 4.69) is 0 Å². The third-order valence-corrected chi connectivity index (χ3v) is 3.27. The van der Waals surface area contributed by atoms with Gasteiger partial charge in [0.2, 0.25) is 0 Å². The van der Waals surface area contributed by atoms with Gasteiger partial charge in [0.05, 0.1) is 11.4 Å². The number of ether oxygens (including phenoxy) is 1. The third-order valence-electron chi connectivity index (χ3n) is 3.27. The largest absolute Gasteiger partial charge is 0.397 e. The van der Waals surface area contributed by atoms with Gasteiger partial charge in [0.25, 0.3) is 0 Å². The lowest BCUT2D eigenvalue weighted by molar-refractivity contribution is 0.0685. The highest BCUT2D eigenvalue weighted by atomic mass is 19.1. The van der Waals surface area contributed by atoms with Gasteiger partial charge in [-0.05, 0) is 30.9 Å². The fraction of sp³-hybridized carbons (Fsp3) is 0.538. The van der Waals surface area contributed by atoms with Gasteiger partial charge in [-0.25, -0.2) is 4.39 Å². The molecule has 4 heteroatoms. The zero-order valence-electron chi connectivity index (χ0n) is 10.2. The molecule has 0 aliphatic carbocycles. The molecular formula is C13H19FN2O. The summed E-state index contributed by atoms with van der Waals surface area (Å²) in [5, 5.41) is 0. The number of nitrogens with zero attached hydrogens (tertiary/aromatic N) is 1. The van der Waals surface area contributed by atoms with Gasteiger partial charge in [-0.1, -0.05) is 6.07 Å². The quantitative estimate of drug-likeness (QED) is 0.821. The molecule has 0 spiro atoms. The van der Waals surface area contributed by atoms with E-state index in [1.165, 1.54) is 6.07 Å². The summed E-state index contributed by atoms with van der Waals surface area (Å²) < 4.78 is 19.0. The van der Waals surface area contributed by atoms with Gasteiger partial charge in [0.1, 0.15) is 5.82 Å². The van der Waals surface area contributed by atoms with Crippen LogP contribution in [0.15, 0.2) is 18.2 Å². The first-order valence-electron chi connectivity index (χ1n) is 6.01. The normalized spacial score (nSPS) is 17.1. The van der Waals surface area contributed by atoms with Crippen molar-refractivity contribution >= 4 is 11.4 Å². The second-order valence-electron chi connectivity index (χ2n) is 4.61. The number of nitrogen functional groups attached to an aromatic ring is 1. The highest BCUT2D eigenvalue weighted by molar-refractivity contribution is 5.67. The van der Waals surface area contributed by atoms with E-state index in [4.69, 9.17) is 10.5 Å². The lowest BCUT2D eigenvalue weighted by atomic mass is 9.99. The van der Waals surface area contributed by atoms with Crippen LogP contribution in [0.5, 0.6) is 0 Å². The molecule has 1 heterocycles. The molecule has 0 radical (unpaired) electrons. The van der Waals surface area contributed by atoms with Gasteiger partial charge in [-0.2, -0.15) is 0 Å². The Morgan fingerprint density at radius 1 is 1.41 bits per heavy atom. The Bertz CT molecular complexity index is 357. The lowest BCUT2D eigenvalue weighted by Gasteiger charge is -2.29. The minimum atomic E-state index is -0.250. The number of para-hydroxylation sites is 1. The molecule has 1 aromatic rings. The van der Waals surface area contributed by atoms with Crippen molar-refractivity contribution in [1.82, 2.24) is 0 Å². The molecule has 3 nitrogen and oxygen atoms in total. The Balaban J connectivity index is 2.05. The van der Waals surface area contributed by atoms with Crippen LogP contribution in [-0.2, 0) is 4.74 Å². The Morgan fingerprint density at radius 3 is 2.76 bits per heavy atom. The van der Waals surface area contributed by atoms with Crippen LogP contribution >= 0.6 is 0 Å².